The van der Waals surface area contributed by atoms with Crippen molar-refractivity contribution in [3.8, 4) is 6.07 Å². The third-order valence-corrected chi connectivity index (χ3v) is 3.60. The average Bonchev–Trinajstić information content (AvgIpc) is 3.07. The molecule has 1 saturated heterocycles. The predicted molar refractivity (Wildman–Crippen MR) is 63.0 cm³/mol. The zero-order valence-electron chi connectivity index (χ0n) is 10.3. The van der Waals surface area contributed by atoms with Gasteiger partial charge in [0.05, 0.1) is 18.2 Å². The van der Waals surface area contributed by atoms with Gasteiger partial charge in [-0.25, -0.2) is 0 Å². The van der Waals surface area contributed by atoms with Crippen LogP contribution in [0.4, 0.5) is 0 Å². The normalized spacial score (nSPS) is 29.6. The Morgan fingerprint density at radius 1 is 1.53 bits per heavy atom. The summed E-state index contributed by atoms with van der Waals surface area (Å²) in [5.74, 6) is 0.0189. The number of nitrogens with one attached hydrogen (secondary N) is 1. The zero-order valence-corrected chi connectivity index (χ0v) is 10.3. The summed E-state index contributed by atoms with van der Waals surface area (Å²) in [5, 5.41) is 11.9. The first-order chi connectivity index (χ1) is 8.26. The van der Waals surface area contributed by atoms with E-state index in [9.17, 15) is 4.79 Å². The summed E-state index contributed by atoms with van der Waals surface area (Å²) in [6.07, 6.45) is 5.02. The first-order valence-electron chi connectivity index (χ1n) is 6.57. The summed E-state index contributed by atoms with van der Waals surface area (Å²) in [6.45, 7) is 2.72. The second-order valence-electron chi connectivity index (χ2n) is 5.05. The highest BCUT2D eigenvalue weighted by molar-refractivity contribution is 5.81. The van der Waals surface area contributed by atoms with E-state index in [1.807, 2.05) is 6.92 Å². The Hall–Kier alpha value is -1.08. The Morgan fingerprint density at radius 2 is 2.29 bits per heavy atom. The Kier molecular flexibility index (Phi) is 4.01. The molecule has 94 valence electrons. The molecule has 1 N–H and O–H groups in total. The molecule has 0 aromatic heterocycles. The van der Waals surface area contributed by atoms with Gasteiger partial charge in [0.25, 0.3) is 0 Å². The van der Waals surface area contributed by atoms with Crippen LogP contribution in [0.25, 0.3) is 0 Å². The van der Waals surface area contributed by atoms with Crippen molar-refractivity contribution >= 4 is 5.91 Å². The summed E-state index contributed by atoms with van der Waals surface area (Å²) in [6, 6.07) is 2.21. The van der Waals surface area contributed by atoms with E-state index >= 15 is 0 Å². The molecule has 3 atom stereocenters. The van der Waals surface area contributed by atoms with Crippen molar-refractivity contribution in [2.45, 2.75) is 51.2 Å². The fourth-order valence-corrected chi connectivity index (χ4v) is 2.48. The standard InChI is InChI=1S/C13H20N2O2/c1-2-3-10(8-14)13(16)15-11-6-7-17-12(11)9-4-5-9/h9-12H,2-7H2,1H3,(H,15,16). The number of hydrogen-bond acceptors (Lipinski definition) is 3. The third kappa shape index (κ3) is 2.98. The first-order valence-corrected chi connectivity index (χ1v) is 6.57. The van der Waals surface area contributed by atoms with Crippen LogP contribution >= 0.6 is 0 Å². The van der Waals surface area contributed by atoms with Gasteiger partial charge in [0.2, 0.25) is 5.91 Å². The van der Waals surface area contributed by atoms with Gasteiger partial charge in [-0.2, -0.15) is 5.26 Å². The molecular formula is C13H20N2O2. The van der Waals surface area contributed by atoms with Gasteiger partial charge in [-0.3, -0.25) is 4.79 Å². The number of carbonyl (C=O) groups excluding carboxylic acids is 1. The lowest BCUT2D eigenvalue weighted by molar-refractivity contribution is -0.124. The smallest absolute Gasteiger partial charge is 0.237 e. The molecule has 3 unspecified atom stereocenters. The van der Waals surface area contributed by atoms with Crippen molar-refractivity contribution in [1.29, 1.82) is 5.26 Å². The van der Waals surface area contributed by atoms with Crippen LogP contribution in [-0.4, -0.2) is 24.7 Å². The van der Waals surface area contributed by atoms with Crippen LogP contribution < -0.4 is 5.32 Å². The maximum Gasteiger partial charge on any atom is 0.237 e. The van der Waals surface area contributed by atoms with E-state index in [1.54, 1.807) is 0 Å². The lowest BCUT2D eigenvalue weighted by Gasteiger charge is -2.20. The highest BCUT2D eigenvalue weighted by Gasteiger charge is 2.41. The second kappa shape index (κ2) is 5.50. The molecule has 1 heterocycles. The van der Waals surface area contributed by atoms with E-state index in [0.29, 0.717) is 12.3 Å². The van der Waals surface area contributed by atoms with Crippen LogP contribution in [0.2, 0.25) is 0 Å². The van der Waals surface area contributed by atoms with Crippen LogP contribution in [0.1, 0.15) is 39.0 Å². The van der Waals surface area contributed by atoms with Gasteiger partial charge in [0.1, 0.15) is 5.92 Å². The number of nitrogens with zero attached hydrogens (tertiary/aromatic N) is 1. The molecule has 4 heteroatoms. The largest absolute Gasteiger partial charge is 0.376 e. The molecule has 1 amide bonds. The van der Waals surface area contributed by atoms with E-state index in [1.165, 1.54) is 12.8 Å². The Bertz CT molecular complexity index is 320. The highest BCUT2D eigenvalue weighted by atomic mass is 16.5. The lowest BCUT2D eigenvalue weighted by atomic mass is 10.0. The van der Waals surface area contributed by atoms with E-state index in [4.69, 9.17) is 10.00 Å². The van der Waals surface area contributed by atoms with Crippen molar-refractivity contribution in [2.24, 2.45) is 11.8 Å². The molecule has 0 radical (unpaired) electrons. The van der Waals surface area contributed by atoms with Crippen molar-refractivity contribution in [3.05, 3.63) is 0 Å². The minimum absolute atomic E-state index is 0.115. The number of rotatable bonds is 5. The molecule has 2 fully saturated rings. The summed E-state index contributed by atoms with van der Waals surface area (Å²) >= 11 is 0. The van der Waals surface area contributed by atoms with Crippen LogP contribution in [0.15, 0.2) is 0 Å². The zero-order chi connectivity index (χ0) is 12.3. The van der Waals surface area contributed by atoms with E-state index < -0.39 is 5.92 Å². The van der Waals surface area contributed by atoms with Crippen molar-refractivity contribution in [1.82, 2.24) is 5.32 Å². The predicted octanol–water partition coefficient (Wildman–Crippen LogP) is 1.61. The Balaban J connectivity index is 1.86. The summed E-state index contributed by atoms with van der Waals surface area (Å²) in [5.41, 5.74) is 0. The van der Waals surface area contributed by atoms with Crippen LogP contribution in [0.3, 0.4) is 0 Å². The number of nitriles is 1. The third-order valence-electron chi connectivity index (χ3n) is 3.60. The van der Waals surface area contributed by atoms with Crippen molar-refractivity contribution in [3.63, 3.8) is 0 Å². The molecule has 4 nitrogen and oxygen atoms in total. The van der Waals surface area contributed by atoms with Gasteiger partial charge in [-0.1, -0.05) is 13.3 Å². The molecule has 1 aliphatic carbocycles. The van der Waals surface area contributed by atoms with Gasteiger partial charge < -0.3 is 10.1 Å². The Morgan fingerprint density at radius 3 is 2.88 bits per heavy atom. The number of carbonyl (C=O) groups is 1. The second-order valence-corrected chi connectivity index (χ2v) is 5.05. The van der Waals surface area contributed by atoms with E-state index in [2.05, 4.69) is 11.4 Å². The summed E-state index contributed by atoms with van der Waals surface area (Å²) in [4.78, 5) is 11.9. The topological polar surface area (TPSA) is 62.1 Å². The van der Waals surface area contributed by atoms with Crippen LogP contribution in [0.5, 0.6) is 0 Å². The van der Waals surface area contributed by atoms with Gasteiger partial charge in [0.15, 0.2) is 0 Å². The molecular weight excluding hydrogens is 216 g/mol. The van der Waals surface area contributed by atoms with E-state index in [-0.39, 0.29) is 18.1 Å². The quantitative estimate of drug-likeness (QED) is 0.788. The molecule has 1 saturated carbocycles. The molecule has 0 bridgehead atoms. The highest BCUT2D eigenvalue weighted by Crippen LogP contribution is 2.38. The number of ether oxygens (including phenoxy) is 1. The molecule has 2 aliphatic rings. The van der Waals surface area contributed by atoms with E-state index in [0.717, 1.165) is 19.4 Å². The van der Waals surface area contributed by atoms with Gasteiger partial charge in [-0.15, -0.1) is 0 Å². The van der Waals surface area contributed by atoms with Crippen LogP contribution in [0, 0.1) is 23.2 Å². The fourth-order valence-electron chi connectivity index (χ4n) is 2.48. The minimum atomic E-state index is -0.500. The maximum absolute atomic E-state index is 11.9. The molecule has 0 spiro atoms. The fraction of sp³-hybridized carbons (Fsp3) is 0.846. The number of hydrogen-bond donors (Lipinski definition) is 1. The Labute approximate surface area is 102 Å². The van der Waals surface area contributed by atoms with Gasteiger partial charge >= 0.3 is 0 Å². The minimum Gasteiger partial charge on any atom is -0.376 e. The molecule has 0 aromatic carbocycles. The SMILES string of the molecule is CCCC(C#N)C(=O)NC1CCOC1C1CC1. The average molecular weight is 236 g/mol. The molecule has 2 rings (SSSR count). The van der Waals surface area contributed by atoms with Gasteiger partial charge in [0, 0.05) is 6.61 Å². The van der Waals surface area contributed by atoms with Crippen molar-refractivity contribution < 1.29 is 9.53 Å². The van der Waals surface area contributed by atoms with Crippen LogP contribution in [-0.2, 0) is 9.53 Å². The van der Waals surface area contributed by atoms with Gasteiger partial charge in [-0.05, 0) is 31.6 Å². The van der Waals surface area contributed by atoms with Crippen molar-refractivity contribution in [2.75, 3.05) is 6.61 Å². The molecule has 0 aromatic rings. The number of amides is 1. The molecule has 1 aliphatic heterocycles. The lowest BCUT2D eigenvalue weighted by Crippen LogP contribution is -2.43. The monoisotopic (exact) mass is 236 g/mol. The summed E-state index contributed by atoms with van der Waals surface area (Å²) in [7, 11) is 0. The maximum atomic E-state index is 11.9. The molecule has 17 heavy (non-hydrogen) atoms. The summed E-state index contributed by atoms with van der Waals surface area (Å²) < 4.78 is 5.67. The first kappa shape index (κ1) is 12.4.